The molecule has 3 heterocycles. The highest BCUT2D eigenvalue weighted by Crippen LogP contribution is 2.33. The molecule has 0 amide bonds. The number of nitrogens with one attached hydrogen (secondary N) is 1. The third-order valence-electron chi connectivity index (χ3n) is 2.88. The summed E-state index contributed by atoms with van der Waals surface area (Å²) in [6.07, 6.45) is 5.33. The Kier molecular flexibility index (Phi) is 2.72. The van der Waals surface area contributed by atoms with Crippen molar-refractivity contribution in [3.8, 4) is 22.5 Å². The van der Waals surface area contributed by atoms with Gasteiger partial charge in [0.05, 0.1) is 17.0 Å². The Balaban J connectivity index is 2.19. The minimum Gasteiger partial charge on any atom is -0.382 e. The molecule has 0 atom stereocenters. The van der Waals surface area contributed by atoms with E-state index in [4.69, 9.17) is 5.73 Å². The number of hydrogen-bond donors (Lipinski definition) is 2. The molecule has 94 valence electrons. The molecule has 0 fully saturated rings. The summed E-state index contributed by atoms with van der Waals surface area (Å²) in [5.74, 6) is 0.440. The number of H-pyrrole nitrogens is 1. The Morgan fingerprint density at radius 2 is 2.11 bits per heavy atom. The van der Waals surface area contributed by atoms with Crippen molar-refractivity contribution < 1.29 is 0 Å². The van der Waals surface area contributed by atoms with E-state index in [0.29, 0.717) is 5.82 Å². The van der Waals surface area contributed by atoms with Crippen LogP contribution in [-0.2, 0) is 0 Å². The Morgan fingerprint density at radius 1 is 1.21 bits per heavy atom. The van der Waals surface area contributed by atoms with E-state index in [2.05, 4.69) is 20.2 Å². The van der Waals surface area contributed by atoms with Gasteiger partial charge in [-0.3, -0.25) is 15.1 Å². The van der Waals surface area contributed by atoms with E-state index in [9.17, 15) is 0 Å². The zero-order valence-electron chi connectivity index (χ0n) is 10.5. The average Bonchev–Trinajstić information content (AvgIpc) is 2.82. The number of aromatic amines is 1. The van der Waals surface area contributed by atoms with Gasteiger partial charge in [-0.2, -0.15) is 5.10 Å². The van der Waals surface area contributed by atoms with Crippen molar-refractivity contribution in [1.82, 2.24) is 20.2 Å². The van der Waals surface area contributed by atoms with Crippen LogP contribution in [-0.4, -0.2) is 20.2 Å². The second kappa shape index (κ2) is 4.53. The number of nitrogens with zero attached hydrogens (tertiary/aromatic N) is 3. The maximum Gasteiger partial charge on any atom is 0.155 e. The summed E-state index contributed by atoms with van der Waals surface area (Å²) in [6.45, 7) is 2.00. The molecule has 3 aromatic heterocycles. The predicted molar refractivity (Wildman–Crippen MR) is 74.2 cm³/mol. The zero-order chi connectivity index (χ0) is 13.2. The minimum absolute atomic E-state index is 0.440. The summed E-state index contributed by atoms with van der Waals surface area (Å²) < 4.78 is 0. The Labute approximate surface area is 110 Å². The van der Waals surface area contributed by atoms with Crippen LogP contribution in [0.15, 0.2) is 42.9 Å². The van der Waals surface area contributed by atoms with Gasteiger partial charge in [-0.15, -0.1) is 0 Å². The van der Waals surface area contributed by atoms with Crippen molar-refractivity contribution in [3.05, 3.63) is 48.4 Å². The summed E-state index contributed by atoms with van der Waals surface area (Å²) >= 11 is 0. The van der Waals surface area contributed by atoms with Crippen LogP contribution >= 0.6 is 0 Å². The van der Waals surface area contributed by atoms with Gasteiger partial charge in [-0.1, -0.05) is 6.07 Å². The van der Waals surface area contributed by atoms with Crippen LogP contribution in [0.3, 0.4) is 0 Å². The maximum atomic E-state index is 5.95. The van der Waals surface area contributed by atoms with E-state index in [0.717, 1.165) is 28.1 Å². The molecule has 5 heteroatoms. The standard InChI is InChI=1S/C14H13N5/c1-9-6-10(8-16-7-9)13-12(14(15)19-18-13)11-4-2-3-5-17-11/h2-8H,1H3,(H3,15,18,19). The molecule has 0 saturated carbocycles. The summed E-state index contributed by atoms with van der Waals surface area (Å²) in [5, 5.41) is 7.05. The van der Waals surface area contributed by atoms with Crippen LogP contribution in [0.2, 0.25) is 0 Å². The average molecular weight is 251 g/mol. The second-order valence-electron chi connectivity index (χ2n) is 4.32. The normalized spacial score (nSPS) is 10.6. The summed E-state index contributed by atoms with van der Waals surface area (Å²) in [5.41, 5.74) is 10.4. The lowest BCUT2D eigenvalue weighted by Crippen LogP contribution is -1.91. The molecular weight excluding hydrogens is 238 g/mol. The van der Waals surface area contributed by atoms with Crippen LogP contribution in [0.5, 0.6) is 0 Å². The van der Waals surface area contributed by atoms with E-state index in [1.54, 1.807) is 12.4 Å². The van der Waals surface area contributed by atoms with Gasteiger partial charge >= 0.3 is 0 Å². The van der Waals surface area contributed by atoms with Crippen LogP contribution in [0, 0.1) is 6.92 Å². The lowest BCUT2D eigenvalue weighted by atomic mass is 10.1. The first kappa shape index (κ1) is 11.4. The number of rotatable bonds is 2. The molecule has 0 aliphatic heterocycles. The first-order chi connectivity index (χ1) is 9.25. The van der Waals surface area contributed by atoms with Gasteiger partial charge in [-0.25, -0.2) is 0 Å². The summed E-state index contributed by atoms with van der Waals surface area (Å²) in [6, 6.07) is 7.74. The molecule has 0 aliphatic carbocycles. The van der Waals surface area contributed by atoms with Crippen molar-refractivity contribution in [2.75, 3.05) is 5.73 Å². The summed E-state index contributed by atoms with van der Waals surface area (Å²) in [4.78, 5) is 8.53. The number of nitrogens with two attached hydrogens (primary N) is 1. The van der Waals surface area contributed by atoms with Crippen molar-refractivity contribution in [2.45, 2.75) is 6.92 Å². The predicted octanol–water partition coefficient (Wildman–Crippen LogP) is 2.42. The van der Waals surface area contributed by atoms with Crippen LogP contribution in [0.4, 0.5) is 5.82 Å². The molecule has 3 N–H and O–H groups in total. The van der Waals surface area contributed by atoms with Gasteiger partial charge in [-0.05, 0) is 30.7 Å². The Bertz CT molecular complexity index is 703. The largest absolute Gasteiger partial charge is 0.382 e. The lowest BCUT2D eigenvalue weighted by molar-refractivity contribution is 1.10. The van der Waals surface area contributed by atoms with Crippen molar-refractivity contribution in [1.29, 1.82) is 0 Å². The number of anilines is 1. The third kappa shape index (κ3) is 2.06. The van der Waals surface area contributed by atoms with Gasteiger partial charge < -0.3 is 5.73 Å². The maximum absolute atomic E-state index is 5.95. The number of pyridine rings is 2. The molecule has 0 aliphatic rings. The second-order valence-corrected chi connectivity index (χ2v) is 4.32. The first-order valence-electron chi connectivity index (χ1n) is 5.93. The number of nitrogen functional groups attached to an aromatic ring is 1. The summed E-state index contributed by atoms with van der Waals surface area (Å²) in [7, 11) is 0. The monoisotopic (exact) mass is 251 g/mol. The van der Waals surface area contributed by atoms with E-state index in [-0.39, 0.29) is 0 Å². The molecule has 0 aromatic carbocycles. The van der Waals surface area contributed by atoms with E-state index in [1.165, 1.54) is 0 Å². The lowest BCUT2D eigenvalue weighted by Gasteiger charge is -2.04. The van der Waals surface area contributed by atoms with Crippen molar-refractivity contribution >= 4 is 5.82 Å². The number of hydrogen-bond acceptors (Lipinski definition) is 4. The topological polar surface area (TPSA) is 80.5 Å². The fourth-order valence-corrected chi connectivity index (χ4v) is 2.03. The number of aromatic nitrogens is 4. The molecule has 19 heavy (non-hydrogen) atoms. The molecule has 0 bridgehead atoms. The smallest absolute Gasteiger partial charge is 0.155 e. The SMILES string of the molecule is Cc1cncc(-c2[nH]nc(N)c2-c2ccccn2)c1. The highest BCUT2D eigenvalue weighted by molar-refractivity contribution is 5.85. The highest BCUT2D eigenvalue weighted by Gasteiger charge is 2.15. The molecular formula is C14H13N5. The van der Waals surface area contributed by atoms with Gasteiger partial charge in [0.1, 0.15) is 0 Å². The quantitative estimate of drug-likeness (QED) is 0.733. The van der Waals surface area contributed by atoms with Gasteiger partial charge in [0.15, 0.2) is 5.82 Å². The molecule has 0 unspecified atom stereocenters. The van der Waals surface area contributed by atoms with Crippen LogP contribution in [0.1, 0.15) is 5.56 Å². The molecule has 3 rings (SSSR count). The fourth-order valence-electron chi connectivity index (χ4n) is 2.03. The van der Waals surface area contributed by atoms with E-state index < -0.39 is 0 Å². The Morgan fingerprint density at radius 3 is 2.84 bits per heavy atom. The van der Waals surface area contributed by atoms with Gasteiger partial charge in [0, 0.05) is 24.2 Å². The minimum atomic E-state index is 0.440. The van der Waals surface area contributed by atoms with Crippen LogP contribution < -0.4 is 5.73 Å². The van der Waals surface area contributed by atoms with Gasteiger partial charge in [0.2, 0.25) is 0 Å². The molecule has 0 saturated heterocycles. The Hall–Kier alpha value is -2.69. The molecule has 5 nitrogen and oxygen atoms in total. The van der Waals surface area contributed by atoms with Crippen molar-refractivity contribution in [3.63, 3.8) is 0 Å². The fraction of sp³-hybridized carbons (Fsp3) is 0.0714. The molecule has 0 radical (unpaired) electrons. The van der Waals surface area contributed by atoms with Crippen LogP contribution in [0.25, 0.3) is 22.5 Å². The van der Waals surface area contributed by atoms with E-state index in [1.807, 2.05) is 37.4 Å². The van der Waals surface area contributed by atoms with E-state index >= 15 is 0 Å². The van der Waals surface area contributed by atoms with Crippen molar-refractivity contribution in [2.24, 2.45) is 0 Å². The zero-order valence-corrected chi connectivity index (χ0v) is 10.5. The number of aryl methyl sites for hydroxylation is 1. The molecule has 3 aromatic rings. The first-order valence-corrected chi connectivity index (χ1v) is 5.93. The third-order valence-corrected chi connectivity index (χ3v) is 2.88. The highest BCUT2D eigenvalue weighted by atomic mass is 15.2. The van der Waals surface area contributed by atoms with Gasteiger partial charge in [0.25, 0.3) is 0 Å². The molecule has 0 spiro atoms.